The van der Waals surface area contributed by atoms with Crippen LogP contribution < -0.4 is 10.6 Å². The summed E-state index contributed by atoms with van der Waals surface area (Å²) in [5.74, 6) is 0. The Hall–Kier alpha value is -1.87. The zero-order chi connectivity index (χ0) is 12.4. The summed E-state index contributed by atoms with van der Waals surface area (Å²) in [5, 5.41) is 0. The molecule has 0 unspecified atom stereocenters. The van der Waals surface area contributed by atoms with Crippen LogP contribution in [0.3, 0.4) is 0 Å². The number of rotatable bonds is 2. The highest BCUT2D eigenvalue weighted by Gasteiger charge is 2.15. The minimum Gasteiger partial charge on any atom is -0.366 e. The number of nitrogens with zero attached hydrogens (tertiary/aromatic N) is 2. The summed E-state index contributed by atoms with van der Waals surface area (Å²) in [7, 11) is 0. The van der Waals surface area contributed by atoms with Crippen LogP contribution in [0.4, 0.5) is 5.69 Å². The molecule has 1 aromatic carbocycles. The van der Waals surface area contributed by atoms with Crippen molar-refractivity contribution in [2.75, 3.05) is 11.4 Å². The van der Waals surface area contributed by atoms with Crippen molar-refractivity contribution in [1.29, 1.82) is 0 Å². The number of hydrogen-bond acceptors (Lipinski definition) is 3. The monoisotopic (exact) mass is 239 g/mol. The minimum absolute atomic E-state index is 0.503. The molecule has 1 aliphatic heterocycles. The van der Waals surface area contributed by atoms with E-state index in [1.165, 1.54) is 16.8 Å². The molecule has 2 aromatic rings. The Balaban J connectivity index is 1.82. The Morgan fingerprint density at radius 1 is 1.11 bits per heavy atom. The van der Waals surface area contributed by atoms with E-state index in [2.05, 4.69) is 40.2 Å². The van der Waals surface area contributed by atoms with Crippen molar-refractivity contribution in [3.8, 4) is 0 Å². The van der Waals surface area contributed by atoms with Crippen LogP contribution in [-0.2, 0) is 19.5 Å². The Kier molecular flexibility index (Phi) is 2.99. The van der Waals surface area contributed by atoms with E-state index in [1.54, 1.807) is 0 Å². The van der Waals surface area contributed by atoms with Crippen molar-refractivity contribution in [2.45, 2.75) is 19.5 Å². The largest absolute Gasteiger partial charge is 0.366 e. The van der Waals surface area contributed by atoms with E-state index in [1.807, 2.05) is 12.3 Å². The van der Waals surface area contributed by atoms with Gasteiger partial charge in [-0.15, -0.1) is 0 Å². The molecule has 0 bridgehead atoms. The summed E-state index contributed by atoms with van der Waals surface area (Å²) >= 11 is 0. The summed E-state index contributed by atoms with van der Waals surface area (Å²) in [5.41, 5.74) is 10.6. The molecule has 0 radical (unpaired) electrons. The van der Waals surface area contributed by atoms with Crippen molar-refractivity contribution >= 4 is 5.69 Å². The molecule has 18 heavy (non-hydrogen) atoms. The van der Waals surface area contributed by atoms with Crippen molar-refractivity contribution in [3.63, 3.8) is 0 Å². The number of nitrogens with two attached hydrogens (primary N) is 1. The van der Waals surface area contributed by atoms with Gasteiger partial charge in [-0.05, 0) is 29.7 Å². The van der Waals surface area contributed by atoms with Crippen LogP contribution in [0.1, 0.15) is 16.8 Å². The lowest BCUT2D eigenvalue weighted by atomic mass is 10.00. The van der Waals surface area contributed by atoms with E-state index < -0.39 is 0 Å². The van der Waals surface area contributed by atoms with Crippen molar-refractivity contribution in [1.82, 2.24) is 4.98 Å². The summed E-state index contributed by atoms with van der Waals surface area (Å²) in [6, 6.07) is 12.8. The first kappa shape index (κ1) is 11.2. The van der Waals surface area contributed by atoms with E-state index in [0.717, 1.165) is 25.2 Å². The van der Waals surface area contributed by atoms with Gasteiger partial charge in [0.2, 0.25) is 0 Å². The van der Waals surface area contributed by atoms with Gasteiger partial charge in [-0.1, -0.05) is 24.3 Å². The summed E-state index contributed by atoms with van der Waals surface area (Å²) < 4.78 is 0. The Morgan fingerprint density at radius 2 is 1.94 bits per heavy atom. The van der Waals surface area contributed by atoms with Gasteiger partial charge in [0.25, 0.3) is 0 Å². The fourth-order valence-corrected chi connectivity index (χ4v) is 2.44. The Morgan fingerprint density at radius 3 is 2.67 bits per heavy atom. The van der Waals surface area contributed by atoms with E-state index in [4.69, 9.17) is 5.73 Å². The van der Waals surface area contributed by atoms with Gasteiger partial charge in [0.1, 0.15) is 0 Å². The zero-order valence-electron chi connectivity index (χ0n) is 10.3. The molecular weight excluding hydrogens is 222 g/mol. The molecule has 1 aliphatic rings. The van der Waals surface area contributed by atoms with Crippen molar-refractivity contribution in [2.24, 2.45) is 5.73 Å². The molecule has 0 saturated heterocycles. The molecule has 0 atom stereocenters. The highest BCUT2D eigenvalue weighted by Crippen LogP contribution is 2.23. The first-order valence-corrected chi connectivity index (χ1v) is 6.33. The molecule has 2 heterocycles. The molecule has 92 valence electrons. The van der Waals surface area contributed by atoms with Crippen LogP contribution in [0.2, 0.25) is 0 Å². The van der Waals surface area contributed by atoms with Gasteiger partial charge in [-0.25, -0.2) is 0 Å². The SMILES string of the molecule is NCc1ccc(N2CCc3ccccc3C2)cn1. The fraction of sp³-hybridized carbons (Fsp3) is 0.267. The predicted molar refractivity (Wildman–Crippen MR) is 73.3 cm³/mol. The van der Waals surface area contributed by atoms with Crippen LogP contribution in [0.25, 0.3) is 0 Å². The van der Waals surface area contributed by atoms with Gasteiger partial charge in [-0.3, -0.25) is 4.98 Å². The molecular formula is C15H17N3. The second kappa shape index (κ2) is 4.78. The van der Waals surface area contributed by atoms with E-state index >= 15 is 0 Å². The zero-order valence-corrected chi connectivity index (χ0v) is 10.3. The summed E-state index contributed by atoms with van der Waals surface area (Å²) in [6.45, 7) is 2.53. The lowest BCUT2D eigenvalue weighted by Gasteiger charge is -2.30. The van der Waals surface area contributed by atoms with Crippen LogP contribution in [-0.4, -0.2) is 11.5 Å². The van der Waals surface area contributed by atoms with Gasteiger partial charge >= 0.3 is 0 Å². The lowest BCUT2D eigenvalue weighted by Crippen LogP contribution is -2.30. The first-order chi connectivity index (χ1) is 8.86. The maximum Gasteiger partial charge on any atom is 0.0556 e. The first-order valence-electron chi connectivity index (χ1n) is 6.33. The fourth-order valence-electron chi connectivity index (χ4n) is 2.44. The predicted octanol–water partition coefficient (Wildman–Crippen LogP) is 2.10. The lowest BCUT2D eigenvalue weighted by molar-refractivity contribution is 0.729. The molecule has 1 aromatic heterocycles. The van der Waals surface area contributed by atoms with Crippen molar-refractivity contribution in [3.05, 3.63) is 59.4 Å². The van der Waals surface area contributed by atoms with Gasteiger partial charge < -0.3 is 10.6 Å². The standard InChI is InChI=1S/C15H17N3/c16-9-14-5-6-15(10-17-14)18-8-7-12-3-1-2-4-13(12)11-18/h1-6,10H,7-9,11,16H2. The maximum atomic E-state index is 5.57. The third kappa shape index (κ3) is 2.09. The highest BCUT2D eigenvalue weighted by molar-refractivity contribution is 5.48. The molecule has 3 nitrogen and oxygen atoms in total. The molecule has 3 heteroatoms. The van der Waals surface area contributed by atoms with Crippen LogP contribution in [0.5, 0.6) is 0 Å². The molecule has 0 fully saturated rings. The quantitative estimate of drug-likeness (QED) is 0.872. The number of benzene rings is 1. The van der Waals surface area contributed by atoms with Gasteiger partial charge in [-0.2, -0.15) is 0 Å². The summed E-state index contributed by atoms with van der Waals surface area (Å²) in [4.78, 5) is 6.73. The molecule has 0 spiro atoms. The smallest absolute Gasteiger partial charge is 0.0556 e. The van der Waals surface area contributed by atoms with E-state index in [0.29, 0.717) is 6.54 Å². The Labute approximate surface area is 107 Å². The Bertz CT molecular complexity index is 534. The number of fused-ring (bicyclic) bond motifs is 1. The van der Waals surface area contributed by atoms with Crippen LogP contribution in [0, 0.1) is 0 Å². The molecule has 0 aliphatic carbocycles. The summed E-state index contributed by atoms with van der Waals surface area (Å²) in [6.07, 6.45) is 3.03. The van der Waals surface area contributed by atoms with Gasteiger partial charge in [0.15, 0.2) is 0 Å². The van der Waals surface area contributed by atoms with Gasteiger partial charge in [0, 0.05) is 19.6 Å². The molecule has 0 saturated carbocycles. The third-order valence-corrected chi connectivity index (χ3v) is 3.51. The number of aromatic nitrogens is 1. The molecule has 0 amide bonds. The average molecular weight is 239 g/mol. The topological polar surface area (TPSA) is 42.1 Å². The average Bonchev–Trinajstić information content (AvgIpc) is 2.47. The maximum absolute atomic E-state index is 5.57. The number of hydrogen-bond donors (Lipinski definition) is 1. The highest BCUT2D eigenvalue weighted by atomic mass is 15.1. The third-order valence-electron chi connectivity index (χ3n) is 3.51. The molecule has 2 N–H and O–H groups in total. The second-order valence-corrected chi connectivity index (χ2v) is 4.65. The van der Waals surface area contributed by atoms with E-state index in [-0.39, 0.29) is 0 Å². The molecule has 3 rings (SSSR count). The second-order valence-electron chi connectivity index (χ2n) is 4.65. The normalized spacial score (nSPS) is 14.4. The van der Waals surface area contributed by atoms with Gasteiger partial charge in [0.05, 0.1) is 17.6 Å². The van der Waals surface area contributed by atoms with Crippen LogP contribution >= 0.6 is 0 Å². The number of pyridine rings is 1. The number of anilines is 1. The van der Waals surface area contributed by atoms with Crippen LogP contribution in [0.15, 0.2) is 42.6 Å². The van der Waals surface area contributed by atoms with Crippen molar-refractivity contribution < 1.29 is 0 Å². The van der Waals surface area contributed by atoms with E-state index in [9.17, 15) is 0 Å². The minimum atomic E-state index is 0.503.